The van der Waals surface area contributed by atoms with Gasteiger partial charge in [0.25, 0.3) is 5.91 Å². The first-order valence-corrected chi connectivity index (χ1v) is 8.56. The van der Waals surface area contributed by atoms with Gasteiger partial charge < -0.3 is 19.4 Å². The van der Waals surface area contributed by atoms with Gasteiger partial charge in [-0.3, -0.25) is 4.79 Å². The first-order valence-electron chi connectivity index (χ1n) is 8.56. The highest BCUT2D eigenvalue weighted by Gasteiger charge is 2.25. The third-order valence-electron chi connectivity index (χ3n) is 4.46. The normalized spacial score (nSPS) is 15.4. The molecule has 6 heteroatoms. The van der Waals surface area contributed by atoms with Gasteiger partial charge in [-0.2, -0.15) is 0 Å². The minimum absolute atomic E-state index is 0.0732. The molecule has 2 heterocycles. The van der Waals surface area contributed by atoms with E-state index in [1.165, 1.54) is 12.1 Å². The average molecular weight is 346 g/mol. The number of rotatable bonds is 6. The van der Waals surface area contributed by atoms with Gasteiger partial charge in [-0.25, -0.2) is 4.39 Å². The molecule has 134 valence electrons. The van der Waals surface area contributed by atoms with E-state index in [4.69, 9.17) is 9.15 Å². The van der Waals surface area contributed by atoms with Gasteiger partial charge in [-0.05, 0) is 68.8 Å². The molecule has 25 heavy (non-hydrogen) atoms. The quantitative estimate of drug-likeness (QED) is 0.873. The predicted octanol–water partition coefficient (Wildman–Crippen LogP) is 3.07. The zero-order chi connectivity index (χ0) is 17.6. The molecule has 0 radical (unpaired) electrons. The molecule has 1 aromatic carbocycles. The van der Waals surface area contributed by atoms with Gasteiger partial charge in [0.15, 0.2) is 5.76 Å². The summed E-state index contributed by atoms with van der Waals surface area (Å²) in [5.74, 6) is 1.71. The van der Waals surface area contributed by atoms with Crippen molar-refractivity contribution in [2.45, 2.75) is 19.4 Å². The maximum Gasteiger partial charge on any atom is 0.289 e. The van der Waals surface area contributed by atoms with E-state index in [0.717, 1.165) is 32.5 Å². The molecule has 1 aliphatic rings. The lowest BCUT2D eigenvalue weighted by molar-refractivity contribution is 0.0655. The van der Waals surface area contributed by atoms with Gasteiger partial charge >= 0.3 is 0 Å². The Bertz CT molecular complexity index is 691. The van der Waals surface area contributed by atoms with Gasteiger partial charge in [0.1, 0.15) is 23.9 Å². The smallest absolute Gasteiger partial charge is 0.289 e. The van der Waals surface area contributed by atoms with E-state index < -0.39 is 0 Å². The fraction of sp³-hybridized carbons (Fsp3) is 0.421. The Morgan fingerprint density at radius 3 is 2.64 bits per heavy atom. The topological polar surface area (TPSA) is 54.7 Å². The van der Waals surface area contributed by atoms with Crippen LogP contribution in [0.15, 0.2) is 40.8 Å². The fourth-order valence-corrected chi connectivity index (χ4v) is 3.04. The summed E-state index contributed by atoms with van der Waals surface area (Å²) in [6.45, 7) is 2.71. The van der Waals surface area contributed by atoms with Crippen LogP contribution in [0.4, 0.5) is 4.39 Å². The summed E-state index contributed by atoms with van der Waals surface area (Å²) >= 11 is 0. The number of carbonyl (C=O) groups excluding carboxylic acids is 1. The molecule has 3 rings (SSSR count). The highest BCUT2D eigenvalue weighted by Crippen LogP contribution is 2.20. The largest absolute Gasteiger partial charge is 0.486 e. The van der Waals surface area contributed by atoms with Crippen LogP contribution in [-0.2, 0) is 6.61 Å². The zero-order valence-corrected chi connectivity index (χ0v) is 14.3. The van der Waals surface area contributed by atoms with Crippen LogP contribution in [0, 0.1) is 11.7 Å². The molecule has 0 aliphatic carbocycles. The number of nitrogens with one attached hydrogen (secondary N) is 1. The lowest BCUT2D eigenvalue weighted by Crippen LogP contribution is -2.40. The van der Waals surface area contributed by atoms with Crippen LogP contribution in [0.2, 0.25) is 0 Å². The molecular weight excluding hydrogens is 323 g/mol. The lowest BCUT2D eigenvalue weighted by Gasteiger charge is -2.31. The number of carbonyl (C=O) groups is 1. The number of hydrogen-bond acceptors (Lipinski definition) is 4. The van der Waals surface area contributed by atoms with Gasteiger partial charge in [-0.1, -0.05) is 0 Å². The lowest BCUT2D eigenvalue weighted by atomic mass is 9.97. The summed E-state index contributed by atoms with van der Waals surface area (Å²) in [6, 6.07) is 9.21. The third-order valence-corrected chi connectivity index (χ3v) is 4.46. The van der Waals surface area contributed by atoms with E-state index in [-0.39, 0.29) is 18.3 Å². The molecular formula is C19H23FN2O3. The molecule has 1 aromatic heterocycles. The molecule has 1 saturated heterocycles. The molecule has 1 N–H and O–H groups in total. The van der Waals surface area contributed by atoms with Crippen LogP contribution in [0.3, 0.4) is 0 Å². The number of piperidine rings is 1. The Kier molecular flexibility index (Phi) is 5.71. The molecule has 1 aliphatic heterocycles. The van der Waals surface area contributed by atoms with Crippen molar-refractivity contribution in [1.29, 1.82) is 0 Å². The maximum atomic E-state index is 12.9. The molecule has 0 bridgehead atoms. The molecule has 5 nitrogen and oxygen atoms in total. The Morgan fingerprint density at radius 1 is 1.24 bits per heavy atom. The highest BCUT2D eigenvalue weighted by atomic mass is 19.1. The first kappa shape index (κ1) is 17.5. The number of nitrogens with zero attached hydrogens (tertiary/aromatic N) is 1. The number of hydrogen-bond donors (Lipinski definition) is 1. The highest BCUT2D eigenvalue weighted by molar-refractivity contribution is 5.91. The Labute approximate surface area is 146 Å². The number of furan rings is 1. The maximum absolute atomic E-state index is 12.9. The molecule has 2 aromatic rings. The van der Waals surface area contributed by atoms with E-state index in [1.54, 1.807) is 24.3 Å². The monoisotopic (exact) mass is 346 g/mol. The van der Waals surface area contributed by atoms with Crippen LogP contribution in [0.25, 0.3) is 0 Å². The molecule has 0 atom stereocenters. The van der Waals surface area contributed by atoms with Crippen molar-refractivity contribution < 1.29 is 18.3 Å². The molecule has 0 unspecified atom stereocenters. The van der Waals surface area contributed by atoms with Gasteiger partial charge in [0.05, 0.1) is 0 Å². The molecule has 0 spiro atoms. The van der Waals surface area contributed by atoms with Crippen LogP contribution >= 0.6 is 0 Å². The fourth-order valence-electron chi connectivity index (χ4n) is 3.04. The van der Waals surface area contributed by atoms with Crippen molar-refractivity contribution in [3.05, 3.63) is 53.7 Å². The van der Waals surface area contributed by atoms with E-state index in [1.807, 2.05) is 11.9 Å². The van der Waals surface area contributed by atoms with Crippen molar-refractivity contribution in [2.24, 2.45) is 5.92 Å². The minimum atomic E-state index is -0.309. The van der Waals surface area contributed by atoms with Crippen molar-refractivity contribution in [2.75, 3.05) is 26.7 Å². The average Bonchev–Trinajstić information content (AvgIpc) is 3.11. The Hall–Kier alpha value is -2.34. The van der Waals surface area contributed by atoms with E-state index in [2.05, 4.69) is 5.32 Å². The minimum Gasteiger partial charge on any atom is -0.486 e. The standard InChI is InChI=1S/C19H23FN2O3/c1-21-12-14-8-10-22(11-9-14)19(23)18-7-6-17(25-18)13-24-16-4-2-15(20)3-5-16/h2-7,14,21H,8-13H2,1H3. The summed E-state index contributed by atoms with van der Waals surface area (Å²) in [4.78, 5) is 14.4. The second-order valence-electron chi connectivity index (χ2n) is 6.30. The summed E-state index contributed by atoms with van der Waals surface area (Å²) in [6.07, 6.45) is 2.02. The number of ether oxygens (including phenoxy) is 1. The second-order valence-corrected chi connectivity index (χ2v) is 6.30. The summed E-state index contributed by atoms with van der Waals surface area (Å²) in [5, 5.41) is 3.19. The summed E-state index contributed by atoms with van der Waals surface area (Å²) in [5.41, 5.74) is 0. The van der Waals surface area contributed by atoms with E-state index in [9.17, 15) is 9.18 Å². The summed E-state index contributed by atoms with van der Waals surface area (Å²) < 4.78 is 24.0. The van der Waals surface area contributed by atoms with Crippen LogP contribution in [-0.4, -0.2) is 37.5 Å². The third kappa shape index (κ3) is 4.60. The van der Waals surface area contributed by atoms with E-state index in [0.29, 0.717) is 23.2 Å². The number of likely N-dealkylation sites (tertiary alicyclic amines) is 1. The Morgan fingerprint density at radius 2 is 1.96 bits per heavy atom. The van der Waals surface area contributed by atoms with Gasteiger partial charge in [0, 0.05) is 13.1 Å². The number of benzene rings is 1. The van der Waals surface area contributed by atoms with Crippen molar-refractivity contribution in [3.63, 3.8) is 0 Å². The zero-order valence-electron chi connectivity index (χ0n) is 14.3. The molecule has 1 amide bonds. The van der Waals surface area contributed by atoms with Crippen LogP contribution < -0.4 is 10.1 Å². The van der Waals surface area contributed by atoms with Crippen molar-refractivity contribution in [3.8, 4) is 5.75 Å². The second kappa shape index (κ2) is 8.16. The Balaban J connectivity index is 1.52. The molecule has 0 saturated carbocycles. The van der Waals surface area contributed by atoms with Crippen molar-refractivity contribution in [1.82, 2.24) is 10.2 Å². The molecule has 1 fully saturated rings. The van der Waals surface area contributed by atoms with Crippen molar-refractivity contribution >= 4 is 5.91 Å². The van der Waals surface area contributed by atoms with E-state index >= 15 is 0 Å². The van der Waals surface area contributed by atoms with Crippen LogP contribution in [0.5, 0.6) is 5.75 Å². The summed E-state index contributed by atoms with van der Waals surface area (Å²) in [7, 11) is 1.95. The number of amides is 1. The van der Waals surface area contributed by atoms with Gasteiger partial charge in [-0.15, -0.1) is 0 Å². The first-order chi connectivity index (χ1) is 12.2. The number of halogens is 1. The predicted molar refractivity (Wildman–Crippen MR) is 92.0 cm³/mol. The van der Waals surface area contributed by atoms with Crippen LogP contribution in [0.1, 0.15) is 29.2 Å². The van der Waals surface area contributed by atoms with Gasteiger partial charge in [0.2, 0.25) is 0 Å². The SMILES string of the molecule is CNCC1CCN(C(=O)c2ccc(COc3ccc(F)cc3)o2)CC1.